The Morgan fingerprint density at radius 3 is 2.35 bits per heavy atom. The number of benzene rings is 1. The van der Waals surface area contributed by atoms with E-state index in [1.54, 1.807) is 6.07 Å². The lowest BCUT2D eigenvalue weighted by molar-refractivity contribution is 0.306. The molecule has 0 amide bonds. The van der Waals surface area contributed by atoms with E-state index >= 15 is 0 Å². The molecule has 0 fully saturated rings. The van der Waals surface area contributed by atoms with Crippen molar-refractivity contribution in [3.63, 3.8) is 0 Å². The van der Waals surface area contributed by atoms with Crippen LogP contribution in [0.15, 0.2) is 23.1 Å². The summed E-state index contributed by atoms with van der Waals surface area (Å²) in [6.45, 7) is 2.82. The van der Waals surface area contributed by atoms with Crippen molar-refractivity contribution in [3.05, 3.63) is 18.2 Å². The van der Waals surface area contributed by atoms with Crippen LogP contribution in [0.1, 0.15) is 45.4 Å². The third-order valence-electron chi connectivity index (χ3n) is 3.16. The summed E-state index contributed by atoms with van der Waals surface area (Å²) in [5.41, 5.74) is 6.18. The molecule has 0 saturated heterocycles. The maximum atomic E-state index is 11.4. The minimum atomic E-state index is -3.22. The molecule has 2 N–H and O–H groups in total. The van der Waals surface area contributed by atoms with Crippen molar-refractivity contribution in [2.45, 2.75) is 50.3 Å². The van der Waals surface area contributed by atoms with E-state index in [1.165, 1.54) is 44.1 Å². The van der Waals surface area contributed by atoms with E-state index in [1.807, 2.05) is 0 Å². The van der Waals surface area contributed by atoms with Gasteiger partial charge in [-0.25, -0.2) is 8.42 Å². The lowest BCUT2D eigenvalue weighted by atomic mass is 10.1. The smallest absolute Gasteiger partial charge is 0.175 e. The molecule has 0 spiro atoms. The fraction of sp³-hybridized carbons (Fsp3) is 0.600. The van der Waals surface area contributed by atoms with Crippen LogP contribution in [0.25, 0.3) is 0 Å². The highest BCUT2D eigenvalue weighted by Crippen LogP contribution is 2.25. The lowest BCUT2D eigenvalue weighted by Crippen LogP contribution is -2.03. The monoisotopic (exact) mass is 299 g/mol. The predicted molar refractivity (Wildman–Crippen MR) is 82.8 cm³/mol. The second kappa shape index (κ2) is 8.15. The molecule has 0 saturated carbocycles. The Kier molecular flexibility index (Phi) is 6.85. The third kappa shape index (κ3) is 5.82. The Balaban J connectivity index is 2.38. The highest BCUT2D eigenvalue weighted by atomic mass is 32.2. The molecule has 4 nitrogen and oxygen atoms in total. The van der Waals surface area contributed by atoms with Crippen LogP contribution in [-0.2, 0) is 9.84 Å². The average Bonchev–Trinajstić information content (AvgIpc) is 2.38. The molecule has 20 heavy (non-hydrogen) atoms. The summed E-state index contributed by atoms with van der Waals surface area (Å²) in [5.74, 6) is 0.561. The zero-order chi connectivity index (χ0) is 15.0. The Morgan fingerprint density at radius 1 is 1.10 bits per heavy atom. The second-order valence-electron chi connectivity index (χ2n) is 5.09. The van der Waals surface area contributed by atoms with Crippen molar-refractivity contribution in [1.29, 1.82) is 0 Å². The molecule has 1 rings (SSSR count). The van der Waals surface area contributed by atoms with Crippen molar-refractivity contribution in [2.24, 2.45) is 0 Å². The summed E-state index contributed by atoms with van der Waals surface area (Å²) in [7, 11) is -3.22. The lowest BCUT2D eigenvalue weighted by Gasteiger charge is -2.10. The van der Waals surface area contributed by atoms with Crippen molar-refractivity contribution in [2.75, 3.05) is 18.6 Å². The summed E-state index contributed by atoms with van der Waals surface area (Å²) >= 11 is 0. The van der Waals surface area contributed by atoms with Gasteiger partial charge in [0.1, 0.15) is 5.75 Å². The summed E-state index contributed by atoms with van der Waals surface area (Å²) in [6, 6.07) is 4.61. The highest BCUT2D eigenvalue weighted by Gasteiger charge is 2.09. The van der Waals surface area contributed by atoms with E-state index < -0.39 is 9.84 Å². The molecule has 0 aliphatic heterocycles. The van der Waals surface area contributed by atoms with E-state index in [-0.39, 0.29) is 4.90 Å². The van der Waals surface area contributed by atoms with E-state index in [2.05, 4.69) is 6.92 Å². The zero-order valence-electron chi connectivity index (χ0n) is 12.4. The number of ether oxygens (including phenoxy) is 1. The molecule has 0 aliphatic carbocycles. The number of hydrogen-bond donors (Lipinski definition) is 1. The van der Waals surface area contributed by atoms with Crippen molar-refractivity contribution >= 4 is 15.5 Å². The topological polar surface area (TPSA) is 69.4 Å². The molecule has 0 bridgehead atoms. The minimum Gasteiger partial charge on any atom is -0.491 e. The van der Waals surface area contributed by atoms with Gasteiger partial charge in [-0.15, -0.1) is 0 Å². The predicted octanol–water partition coefficient (Wildman–Crippen LogP) is 3.41. The van der Waals surface area contributed by atoms with E-state index in [4.69, 9.17) is 10.5 Å². The molecule has 5 heteroatoms. The van der Waals surface area contributed by atoms with Gasteiger partial charge in [0, 0.05) is 6.26 Å². The van der Waals surface area contributed by atoms with Crippen LogP contribution in [0.5, 0.6) is 5.75 Å². The molecule has 0 atom stereocenters. The Morgan fingerprint density at radius 2 is 1.75 bits per heavy atom. The number of nitrogens with two attached hydrogens (primary N) is 1. The number of nitrogen functional groups attached to an aromatic ring is 1. The Labute approximate surface area is 122 Å². The molecule has 0 unspecified atom stereocenters. The normalized spacial score (nSPS) is 11.5. The van der Waals surface area contributed by atoms with Crippen molar-refractivity contribution < 1.29 is 13.2 Å². The van der Waals surface area contributed by atoms with Gasteiger partial charge in [-0.05, 0) is 24.6 Å². The van der Waals surface area contributed by atoms with Crippen molar-refractivity contribution in [1.82, 2.24) is 0 Å². The number of sulfone groups is 1. The molecule has 1 aromatic rings. The first-order chi connectivity index (χ1) is 9.45. The summed E-state index contributed by atoms with van der Waals surface area (Å²) in [5, 5.41) is 0. The maximum absolute atomic E-state index is 11.4. The van der Waals surface area contributed by atoms with Crippen LogP contribution in [0.2, 0.25) is 0 Å². The Hall–Kier alpha value is -1.23. The van der Waals surface area contributed by atoms with Crippen LogP contribution in [0.3, 0.4) is 0 Å². The number of hydrogen-bond acceptors (Lipinski definition) is 4. The fourth-order valence-corrected chi connectivity index (χ4v) is 2.61. The molecule has 0 heterocycles. The van der Waals surface area contributed by atoms with Crippen LogP contribution in [0.4, 0.5) is 5.69 Å². The minimum absolute atomic E-state index is 0.224. The van der Waals surface area contributed by atoms with Gasteiger partial charge in [-0.2, -0.15) is 0 Å². The number of unbranched alkanes of at least 4 members (excludes halogenated alkanes) is 5. The maximum Gasteiger partial charge on any atom is 0.175 e. The average molecular weight is 299 g/mol. The molecule has 1 aromatic carbocycles. The first-order valence-electron chi connectivity index (χ1n) is 7.17. The molecule has 114 valence electrons. The quantitative estimate of drug-likeness (QED) is 0.560. The van der Waals surface area contributed by atoms with Gasteiger partial charge in [0.05, 0.1) is 17.2 Å². The first-order valence-corrected chi connectivity index (χ1v) is 9.06. The van der Waals surface area contributed by atoms with Crippen LogP contribution in [-0.4, -0.2) is 21.3 Å². The molecular formula is C15H25NO3S. The van der Waals surface area contributed by atoms with Crippen LogP contribution < -0.4 is 10.5 Å². The van der Waals surface area contributed by atoms with Crippen LogP contribution in [0, 0.1) is 0 Å². The SMILES string of the molecule is CCCCCCCCOc1ccc(S(C)(=O)=O)cc1N. The molecule has 0 aromatic heterocycles. The second-order valence-corrected chi connectivity index (χ2v) is 7.10. The first kappa shape index (κ1) is 16.8. The molecule has 0 aliphatic rings. The Bertz CT molecular complexity index is 512. The fourth-order valence-electron chi connectivity index (χ4n) is 1.95. The van der Waals surface area contributed by atoms with E-state index in [0.717, 1.165) is 12.8 Å². The molecular weight excluding hydrogens is 274 g/mol. The van der Waals surface area contributed by atoms with Crippen LogP contribution >= 0.6 is 0 Å². The van der Waals surface area contributed by atoms with Crippen molar-refractivity contribution in [3.8, 4) is 5.75 Å². The van der Waals surface area contributed by atoms with E-state index in [9.17, 15) is 8.42 Å². The number of rotatable bonds is 9. The van der Waals surface area contributed by atoms with Gasteiger partial charge in [0.2, 0.25) is 0 Å². The summed E-state index contributed by atoms with van der Waals surface area (Å²) in [6.07, 6.45) is 8.37. The summed E-state index contributed by atoms with van der Waals surface area (Å²) in [4.78, 5) is 0.224. The summed E-state index contributed by atoms with van der Waals surface area (Å²) < 4.78 is 28.4. The van der Waals surface area contributed by atoms with Gasteiger partial charge < -0.3 is 10.5 Å². The van der Waals surface area contributed by atoms with Gasteiger partial charge in [-0.1, -0.05) is 39.0 Å². The zero-order valence-corrected chi connectivity index (χ0v) is 13.2. The highest BCUT2D eigenvalue weighted by molar-refractivity contribution is 7.90. The largest absolute Gasteiger partial charge is 0.491 e. The number of anilines is 1. The van der Waals surface area contributed by atoms with Gasteiger partial charge in [0.15, 0.2) is 9.84 Å². The van der Waals surface area contributed by atoms with Gasteiger partial charge in [0.25, 0.3) is 0 Å². The standard InChI is InChI=1S/C15H25NO3S/c1-3-4-5-6-7-8-11-19-15-10-9-13(12-14(15)16)20(2,17)18/h9-10,12H,3-8,11,16H2,1-2H3. The molecule has 0 radical (unpaired) electrons. The van der Waals surface area contributed by atoms with Gasteiger partial charge in [-0.3, -0.25) is 0 Å². The van der Waals surface area contributed by atoms with Gasteiger partial charge >= 0.3 is 0 Å². The van der Waals surface area contributed by atoms with E-state index in [0.29, 0.717) is 18.0 Å². The third-order valence-corrected chi connectivity index (χ3v) is 4.28.